The van der Waals surface area contributed by atoms with E-state index in [2.05, 4.69) is 17.0 Å². The molecule has 0 aliphatic heterocycles. The quantitative estimate of drug-likeness (QED) is 0.557. The molecule has 0 saturated heterocycles. The molecule has 1 aromatic heterocycles. The molecule has 0 aliphatic carbocycles. The highest BCUT2D eigenvalue weighted by atomic mass is 16.5. The van der Waals surface area contributed by atoms with Gasteiger partial charge in [0, 0.05) is 19.2 Å². The van der Waals surface area contributed by atoms with E-state index in [0.29, 0.717) is 13.1 Å². The van der Waals surface area contributed by atoms with E-state index in [4.69, 9.17) is 4.74 Å². The monoisotopic (exact) mass is 293 g/mol. The van der Waals surface area contributed by atoms with E-state index in [0.717, 1.165) is 12.8 Å². The molecule has 0 aliphatic rings. The van der Waals surface area contributed by atoms with E-state index in [-0.39, 0.29) is 11.3 Å². The molecule has 1 amide bonds. The second kappa shape index (κ2) is 8.68. The van der Waals surface area contributed by atoms with Gasteiger partial charge in [0.1, 0.15) is 0 Å². The smallest absolute Gasteiger partial charge is 0.359 e. The number of aromatic nitrogens is 2. The molecule has 7 heteroatoms. The van der Waals surface area contributed by atoms with Crippen molar-refractivity contribution in [3.05, 3.63) is 40.8 Å². The van der Waals surface area contributed by atoms with Crippen molar-refractivity contribution >= 4 is 11.9 Å². The zero-order valence-electron chi connectivity index (χ0n) is 12.0. The Morgan fingerprint density at radius 2 is 2.24 bits per heavy atom. The number of nitrogens with zero attached hydrogens (tertiary/aromatic N) is 2. The van der Waals surface area contributed by atoms with Crippen LogP contribution in [0.3, 0.4) is 0 Å². The standard InChI is InChI=1S/C14H19N3O4/c1-3-5-9-17-13(19)7-6-11(16-17)14(20)21-10-12(18)15-8-4-2/h4,6-7H,2-3,5,8-10H2,1H3,(H,15,18). The highest BCUT2D eigenvalue weighted by Gasteiger charge is 2.12. The van der Waals surface area contributed by atoms with Crippen LogP contribution in [0.1, 0.15) is 30.3 Å². The molecule has 21 heavy (non-hydrogen) atoms. The molecular formula is C14H19N3O4. The van der Waals surface area contributed by atoms with Gasteiger partial charge in [0.2, 0.25) is 0 Å². The maximum absolute atomic E-state index is 11.8. The number of aryl methyl sites for hydroxylation is 1. The predicted molar refractivity (Wildman–Crippen MR) is 76.9 cm³/mol. The van der Waals surface area contributed by atoms with Crippen molar-refractivity contribution < 1.29 is 14.3 Å². The molecular weight excluding hydrogens is 274 g/mol. The average Bonchev–Trinajstić information content (AvgIpc) is 2.49. The first-order valence-electron chi connectivity index (χ1n) is 6.71. The van der Waals surface area contributed by atoms with Gasteiger partial charge in [-0.3, -0.25) is 9.59 Å². The third-order valence-electron chi connectivity index (χ3n) is 2.58. The van der Waals surface area contributed by atoms with E-state index in [1.807, 2.05) is 6.92 Å². The maximum Gasteiger partial charge on any atom is 0.359 e. The van der Waals surface area contributed by atoms with Gasteiger partial charge in [-0.25, -0.2) is 9.48 Å². The predicted octanol–water partition coefficient (Wildman–Crippen LogP) is 0.502. The minimum Gasteiger partial charge on any atom is -0.451 e. The molecule has 0 atom stereocenters. The second-order valence-corrected chi connectivity index (χ2v) is 4.30. The Morgan fingerprint density at radius 3 is 2.90 bits per heavy atom. The van der Waals surface area contributed by atoms with Gasteiger partial charge in [0.25, 0.3) is 11.5 Å². The lowest BCUT2D eigenvalue weighted by molar-refractivity contribution is -0.124. The van der Waals surface area contributed by atoms with Crippen molar-refractivity contribution in [2.45, 2.75) is 26.3 Å². The van der Waals surface area contributed by atoms with Crippen LogP contribution >= 0.6 is 0 Å². The first-order chi connectivity index (χ1) is 10.1. The van der Waals surface area contributed by atoms with Gasteiger partial charge in [-0.2, -0.15) is 5.10 Å². The van der Waals surface area contributed by atoms with Crippen molar-refractivity contribution in [2.75, 3.05) is 13.2 Å². The number of amides is 1. The summed E-state index contributed by atoms with van der Waals surface area (Å²) in [6.45, 7) is 5.79. The molecule has 0 radical (unpaired) electrons. The summed E-state index contributed by atoms with van der Waals surface area (Å²) in [6.07, 6.45) is 3.21. The van der Waals surface area contributed by atoms with E-state index in [9.17, 15) is 14.4 Å². The van der Waals surface area contributed by atoms with Crippen LogP contribution in [0.25, 0.3) is 0 Å². The van der Waals surface area contributed by atoms with Gasteiger partial charge >= 0.3 is 5.97 Å². The molecule has 114 valence electrons. The van der Waals surface area contributed by atoms with Gasteiger partial charge in [-0.1, -0.05) is 19.4 Å². The third-order valence-corrected chi connectivity index (χ3v) is 2.58. The topological polar surface area (TPSA) is 90.3 Å². The molecule has 1 N–H and O–H groups in total. The highest BCUT2D eigenvalue weighted by Crippen LogP contribution is 1.97. The van der Waals surface area contributed by atoms with Crippen molar-refractivity contribution in [1.82, 2.24) is 15.1 Å². The number of nitrogens with one attached hydrogen (secondary N) is 1. The Labute approximate surface area is 122 Å². The van der Waals surface area contributed by atoms with E-state index in [1.165, 1.54) is 22.9 Å². The SMILES string of the molecule is C=CCNC(=O)COC(=O)c1ccc(=O)n(CCCC)n1. The number of unbranched alkanes of at least 4 members (excludes halogenated alkanes) is 1. The summed E-state index contributed by atoms with van der Waals surface area (Å²) in [5.41, 5.74) is -0.272. The second-order valence-electron chi connectivity index (χ2n) is 4.30. The van der Waals surface area contributed by atoms with Crippen LogP contribution in [0.4, 0.5) is 0 Å². The van der Waals surface area contributed by atoms with E-state index >= 15 is 0 Å². The van der Waals surface area contributed by atoms with Crippen molar-refractivity contribution in [1.29, 1.82) is 0 Å². The van der Waals surface area contributed by atoms with Gasteiger partial charge in [-0.15, -0.1) is 6.58 Å². The molecule has 7 nitrogen and oxygen atoms in total. The van der Waals surface area contributed by atoms with E-state index in [1.54, 1.807) is 0 Å². The van der Waals surface area contributed by atoms with Crippen molar-refractivity contribution in [2.24, 2.45) is 0 Å². The van der Waals surface area contributed by atoms with Crippen LogP contribution in [-0.4, -0.2) is 34.8 Å². The van der Waals surface area contributed by atoms with Crippen LogP contribution < -0.4 is 10.9 Å². The zero-order valence-corrected chi connectivity index (χ0v) is 12.0. The van der Waals surface area contributed by atoms with Crippen molar-refractivity contribution in [3.63, 3.8) is 0 Å². The summed E-state index contributed by atoms with van der Waals surface area (Å²) >= 11 is 0. The maximum atomic E-state index is 11.8. The van der Waals surface area contributed by atoms with Crippen LogP contribution in [0.2, 0.25) is 0 Å². The van der Waals surface area contributed by atoms with Crippen molar-refractivity contribution in [3.8, 4) is 0 Å². The molecule has 0 unspecified atom stereocenters. The van der Waals surface area contributed by atoms with Crippen LogP contribution in [-0.2, 0) is 16.1 Å². The third kappa shape index (κ3) is 5.60. The molecule has 1 rings (SSSR count). The number of rotatable bonds is 8. The summed E-state index contributed by atoms with van der Waals surface area (Å²) in [4.78, 5) is 34.6. The summed E-state index contributed by atoms with van der Waals surface area (Å²) in [6, 6.07) is 2.55. The largest absolute Gasteiger partial charge is 0.451 e. The number of carbonyl (C=O) groups is 2. The first-order valence-corrected chi connectivity index (χ1v) is 6.71. The lowest BCUT2D eigenvalue weighted by atomic mass is 10.3. The van der Waals surface area contributed by atoms with Crippen LogP contribution in [0, 0.1) is 0 Å². The number of hydrogen-bond acceptors (Lipinski definition) is 5. The lowest BCUT2D eigenvalue weighted by Crippen LogP contribution is -2.30. The first kappa shape index (κ1) is 16.6. The Hall–Kier alpha value is -2.44. The molecule has 0 aromatic carbocycles. The molecule has 0 saturated carbocycles. The normalized spacial score (nSPS) is 9.95. The highest BCUT2D eigenvalue weighted by molar-refractivity contribution is 5.89. The molecule has 0 fully saturated rings. The Morgan fingerprint density at radius 1 is 1.48 bits per heavy atom. The average molecular weight is 293 g/mol. The fourth-order valence-electron chi connectivity index (χ4n) is 1.47. The summed E-state index contributed by atoms with van der Waals surface area (Å²) < 4.78 is 6.04. The van der Waals surface area contributed by atoms with Gasteiger partial charge < -0.3 is 10.1 Å². The lowest BCUT2D eigenvalue weighted by Gasteiger charge is -2.07. The molecule has 1 heterocycles. The number of carbonyl (C=O) groups excluding carboxylic acids is 2. The summed E-state index contributed by atoms with van der Waals surface area (Å²) in [7, 11) is 0. The van der Waals surface area contributed by atoms with Crippen LogP contribution in [0.5, 0.6) is 0 Å². The van der Waals surface area contributed by atoms with Gasteiger partial charge in [-0.05, 0) is 12.5 Å². The summed E-state index contributed by atoms with van der Waals surface area (Å²) in [5, 5.41) is 6.41. The zero-order chi connectivity index (χ0) is 15.7. The Balaban J connectivity index is 2.63. The minimum absolute atomic E-state index is 0.00206. The molecule has 0 bridgehead atoms. The summed E-state index contributed by atoms with van der Waals surface area (Å²) in [5.74, 6) is -1.17. The Kier molecular flexibility index (Phi) is 6.86. The minimum atomic E-state index is -0.742. The Bertz CT molecular complexity index is 566. The molecule has 0 spiro atoms. The number of esters is 1. The van der Waals surface area contributed by atoms with E-state index < -0.39 is 18.5 Å². The fraction of sp³-hybridized carbons (Fsp3) is 0.429. The number of ether oxygens (including phenoxy) is 1. The fourth-order valence-corrected chi connectivity index (χ4v) is 1.47. The van der Waals surface area contributed by atoms with Gasteiger partial charge in [0.05, 0.1) is 0 Å². The van der Waals surface area contributed by atoms with Crippen LogP contribution in [0.15, 0.2) is 29.6 Å². The number of hydrogen-bond donors (Lipinski definition) is 1. The van der Waals surface area contributed by atoms with Gasteiger partial charge in [0.15, 0.2) is 12.3 Å². The molecule has 1 aromatic rings.